The Morgan fingerprint density at radius 2 is 2.00 bits per heavy atom. The van der Waals surface area contributed by atoms with Crippen molar-refractivity contribution >= 4 is 26.7 Å². The first-order chi connectivity index (χ1) is 9.53. The molecule has 0 fully saturated rings. The third-order valence-corrected chi connectivity index (χ3v) is 3.94. The van der Waals surface area contributed by atoms with Gasteiger partial charge in [0.25, 0.3) is 0 Å². The monoisotopic (exact) mass is 337 g/mol. The fourth-order valence-corrected chi connectivity index (χ4v) is 2.61. The molecule has 0 aromatic heterocycles. The van der Waals surface area contributed by atoms with Gasteiger partial charge in [0.05, 0.1) is 4.47 Å². The van der Waals surface area contributed by atoms with Gasteiger partial charge in [-0.3, -0.25) is 0 Å². The van der Waals surface area contributed by atoms with Crippen LogP contribution in [0, 0.1) is 0 Å². The second-order valence-electron chi connectivity index (χ2n) is 5.16. The van der Waals surface area contributed by atoms with Crippen LogP contribution in [0.5, 0.6) is 5.75 Å². The summed E-state index contributed by atoms with van der Waals surface area (Å²) in [4.78, 5) is 0. The van der Waals surface area contributed by atoms with E-state index in [1.54, 1.807) is 6.92 Å². The van der Waals surface area contributed by atoms with Gasteiger partial charge in [-0.25, -0.2) is 0 Å². The Bertz CT molecular complexity index is 584. The summed E-state index contributed by atoms with van der Waals surface area (Å²) in [6, 6.07) is 12.1. The molecular weight excluding hydrogens is 318 g/mol. The van der Waals surface area contributed by atoms with Crippen LogP contribution in [0.4, 0.5) is 0 Å². The molecule has 2 aromatic rings. The second kappa shape index (κ2) is 6.57. The predicted molar refractivity (Wildman–Crippen MR) is 86.3 cm³/mol. The van der Waals surface area contributed by atoms with E-state index >= 15 is 0 Å². The molecule has 0 saturated heterocycles. The van der Waals surface area contributed by atoms with Crippen molar-refractivity contribution in [1.29, 1.82) is 0 Å². The van der Waals surface area contributed by atoms with Crippen molar-refractivity contribution in [3.8, 4) is 5.75 Å². The molecule has 0 amide bonds. The molecule has 0 spiro atoms. The molecular formula is C16H20BrNO2. The molecule has 2 aromatic carbocycles. The van der Waals surface area contributed by atoms with Crippen LogP contribution in [-0.4, -0.2) is 30.4 Å². The zero-order valence-electron chi connectivity index (χ0n) is 11.8. The van der Waals surface area contributed by atoms with Gasteiger partial charge in [0.2, 0.25) is 0 Å². The van der Waals surface area contributed by atoms with Gasteiger partial charge in [0.15, 0.2) is 0 Å². The summed E-state index contributed by atoms with van der Waals surface area (Å²) in [6.45, 7) is 5.36. The quantitative estimate of drug-likeness (QED) is 0.849. The molecule has 4 heteroatoms. The minimum absolute atomic E-state index is 0.247. The summed E-state index contributed by atoms with van der Waals surface area (Å²) < 4.78 is 6.70. The van der Waals surface area contributed by atoms with Gasteiger partial charge in [-0.15, -0.1) is 0 Å². The van der Waals surface area contributed by atoms with Crippen LogP contribution in [-0.2, 0) is 0 Å². The van der Waals surface area contributed by atoms with Gasteiger partial charge in [-0.05, 0) is 46.2 Å². The van der Waals surface area contributed by atoms with E-state index in [-0.39, 0.29) is 6.61 Å². The molecule has 3 nitrogen and oxygen atoms in total. The number of nitrogens with one attached hydrogen (secondary N) is 1. The smallest absolute Gasteiger partial charge is 0.134 e. The molecule has 2 rings (SSSR count). The fraction of sp³-hybridized carbons (Fsp3) is 0.375. The maximum absolute atomic E-state index is 10.2. The van der Waals surface area contributed by atoms with Crippen molar-refractivity contribution in [2.45, 2.75) is 19.4 Å². The first-order valence-electron chi connectivity index (χ1n) is 6.76. The Morgan fingerprint density at radius 1 is 1.25 bits per heavy atom. The average molecular weight is 338 g/mol. The molecule has 0 aliphatic heterocycles. The van der Waals surface area contributed by atoms with Crippen molar-refractivity contribution in [2.24, 2.45) is 0 Å². The van der Waals surface area contributed by atoms with Crippen molar-refractivity contribution in [3.63, 3.8) is 0 Å². The standard InChI is InChI=1S/C16H20BrNO2/c1-3-18-10-16(2,19)11-20-14-9-8-12-6-4-5-7-13(12)15(14)17/h4-9,18-19H,3,10-11H2,1-2H3. The fourth-order valence-electron chi connectivity index (χ4n) is 2.00. The van der Waals surface area contributed by atoms with Gasteiger partial charge in [0, 0.05) is 6.54 Å². The number of aliphatic hydroxyl groups is 1. The maximum atomic E-state index is 10.2. The van der Waals surface area contributed by atoms with Crippen molar-refractivity contribution in [3.05, 3.63) is 40.9 Å². The Morgan fingerprint density at radius 3 is 2.75 bits per heavy atom. The van der Waals surface area contributed by atoms with Crippen LogP contribution in [0.1, 0.15) is 13.8 Å². The highest BCUT2D eigenvalue weighted by atomic mass is 79.9. The first kappa shape index (κ1) is 15.3. The lowest BCUT2D eigenvalue weighted by Gasteiger charge is -2.24. The molecule has 0 radical (unpaired) electrons. The second-order valence-corrected chi connectivity index (χ2v) is 5.96. The highest BCUT2D eigenvalue weighted by molar-refractivity contribution is 9.10. The first-order valence-corrected chi connectivity index (χ1v) is 7.56. The normalized spacial score (nSPS) is 14.2. The number of rotatable bonds is 6. The Labute approximate surface area is 128 Å². The van der Waals surface area contributed by atoms with Crippen LogP contribution in [0.2, 0.25) is 0 Å². The number of fused-ring (bicyclic) bond motifs is 1. The van der Waals surface area contributed by atoms with Gasteiger partial charge in [-0.2, -0.15) is 0 Å². The number of likely N-dealkylation sites (N-methyl/N-ethyl adjacent to an activating group) is 1. The lowest BCUT2D eigenvalue weighted by molar-refractivity contribution is 0.0125. The third-order valence-electron chi connectivity index (χ3n) is 3.12. The van der Waals surface area contributed by atoms with Crippen LogP contribution in [0.3, 0.4) is 0 Å². The van der Waals surface area contributed by atoms with E-state index in [1.165, 1.54) is 0 Å². The van der Waals surface area contributed by atoms with Crippen LogP contribution >= 0.6 is 15.9 Å². The SMILES string of the molecule is CCNCC(C)(O)COc1ccc2ccccc2c1Br. The molecule has 0 heterocycles. The third kappa shape index (κ3) is 3.72. The summed E-state index contributed by atoms with van der Waals surface area (Å²) >= 11 is 3.58. The Balaban J connectivity index is 2.12. The minimum Gasteiger partial charge on any atom is -0.489 e. The molecule has 0 aliphatic rings. The molecule has 108 valence electrons. The molecule has 0 bridgehead atoms. The van der Waals surface area contributed by atoms with E-state index in [0.717, 1.165) is 27.5 Å². The highest BCUT2D eigenvalue weighted by Crippen LogP contribution is 2.33. The summed E-state index contributed by atoms with van der Waals surface area (Å²) in [5.41, 5.74) is -0.888. The van der Waals surface area contributed by atoms with E-state index in [0.29, 0.717) is 6.54 Å². The number of ether oxygens (including phenoxy) is 1. The van der Waals surface area contributed by atoms with E-state index < -0.39 is 5.60 Å². The van der Waals surface area contributed by atoms with Crippen LogP contribution in [0.15, 0.2) is 40.9 Å². The molecule has 1 unspecified atom stereocenters. The lowest BCUT2D eigenvalue weighted by Crippen LogP contribution is -2.42. The zero-order chi connectivity index (χ0) is 14.6. The Kier molecular flexibility index (Phi) is 5.02. The van der Waals surface area contributed by atoms with Gasteiger partial charge in [0.1, 0.15) is 18.0 Å². The van der Waals surface area contributed by atoms with Crippen molar-refractivity contribution in [1.82, 2.24) is 5.32 Å². The molecule has 0 aliphatic carbocycles. The average Bonchev–Trinajstić information content (AvgIpc) is 2.45. The number of hydrogen-bond donors (Lipinski definition) is 2. The topological polar surface area (TPSA) is 41.5 Å². The summed E-state index contributed by atoms with van der Waals surface area (Å²) in [5.74, 6) is 0.750. The minimum atomic E-state index is -0.888. The number of halogens is 1. The summed E-state index contributed by atoms with van der Waals surface area (Å²) in [6.07, 6.45) is 0. The summed E-state index contributed by atoms with van der Waals surface area (Å²) in [7, 11) is 0. The van der Waals surface area contributed by atoms with Crippen LogP contribution < -0.4 is 10.1 Å². The molecule has 20 heavy (non-hydrogen) atoms. The van der Waals surface area contributed by atoms with Crippen LogP contribution in [0.25, 0.3) is 10.8 Å². The van der Waals surface area contributed by atoms with E-state index in [1.807, 2.05) is 37.3 Å². The highest BCUT2D eigenvalue weighted by Gasteiger charge is 2.21. The van der Waals surface area contributed by atoms with E-state index in [9.17, 15) is 5.11 Å². The van der Waals surface area contributed by atoms with E-state index in [2.05, 4.69) is 27.3 Å². The maximum Gasteiger partial charge on any atom is 0.134 e. The van der Waals surface area contributed by atoms with E-state index in [4.69, 9.17) is 4.74 Å². The summed E-state index contributed by atoms with van der Waals surface area (Å²) in [5, 5.41) is 15.6. The largest absolute Gasteiger partial charge is 0.489 e. The molecule has 2 N–H and O–H groups in total. The Hall–Kier alpha value is -1.10. The van der Waals surface area contributed by atoms with Gasteiger partial charge in [-0.1, -0.05) is 37.3 Å². The van der Waals surface area contributed by atoms with Gasteiger partial charge >= 0.3 is 0 Å². The predicted octanol–water partition coefficient (Wildman–Crippen LogP) is 3.34. The van der Waals surface area contributed by atoms with Crippen molar-refractivity contribution < 1.29 is 9.84 Å². The zero-order valence-corrected chi connectivity index (χ0v) is 13.4. The molecule has 1 atom stereocenters. The molecule has 0 saturated carbocycles. The number of hydrogen-bond acceptors (Lipinski definition) is 3. The number of benzene rings is 2. The van der Waals surface area contributed by atoms with Gasteiger partial charge < -0.3 is 15.2 Å². The van der Waals surface area contributed by atoms with Crippen molar-refractivity contribution in [2.75, 3.05) is 19.7 Å². The lowest BCUT2D eigenvalue weighted by atomic mass is 10.1.